The van der Waals surface area contributed by atoms with Gasteiger partial charge in [-0.25, -0.2) is 0 Å². The number of nitrogens with zero attached hydrogens (tertiary/aromatic N) is 1. The Morgan fingerprint density at radius 1 is 1.42 bits per heavy atom. The Morgan fingerprint density at radius 2 is 2.26 bits per heavy atom. The van der Waals surface area contributed by atoms with E-state index < -0.39 is 0 Å². The molecule has 0 aromatic carbocycles. The highest BCUT2D eigenvalue weighted by Crippen LogP contribution is 2.22. The summed E-state index contributed by atoms with van der Waals surface area (Å²) in [7, 11) is 1.61. The molecule has 1 aromatic rings. The zero-order valence-corrected chi connectivity index (χ0v) is 11.2. The average Bonchev–Trinajstić information content (AvgIpc) is 2.96. The predicted molar refractivity (Wildman–Crippen MR) is 69.9 cm³/mol. The van der Waals surface area contributed by atoms with Crippen molar-refractivity contribution in [3.63, 3.8) is 0 Å². The molecule has 0 saturated carbocycles. The molecule has 2 saturated heterocycles. The Labute approximate surface area is 112 Å². The van der Waals surface area contributed by atoms with E-state index in [4.69, 9.17) is 9.15 Å². The first kappa shape index (κ1) is 12.7. The summed E-state index contributed by atoms with van der Waals surface area (Å²) in [6, 6.07) is 4.58. The maximum Gasteiger partial charge on any atom is 0.289 e. The standard InChI is InChI=1S/C14H20N2O3/c1-18-9-12-4-5-13(19-12)14(17)16-7-6-10-2-3-11(8-16)15-10/h4-5,10-11,15H,2-3,6-9H2,1H3. The molecular formula is C14H20N2O3. The van der Waals surface area contributed by atoms with Crippen molar-refractivity contribution in [1.29, 1.82) is 0 Å². The Bertz CT molecular complexity index is 457. The number of likely N-dealkylation sites (tertiary alicyclic amines) is 1. The van der Waals surface area contributed by atoms with Gasteiger partial charge in [-0.3, -0.25) is 4.79 Å². The normalized spacial score (nSPS) is 26.5. The van der Waals surface area contributed by atoms with Gasteiger partial charge in [-0.1, -0.05) is 0 Å². The highest BCUT2D eigenvalue weighted by molar-refractivity contribution is 5.91. The fourth-order valence-electron chi connectivity index (χ4n) is 3.00. The van der Waals surface area contributed by atoms with E-state index in [9.17, 15) is 4.79 Å². The van der Waals surface area contributed by atoms with Crippen molar-refractivity contribution >= 4 is 5.91 Å². The highest BCUT2D eigenvalue weighted by atomic mass is 16.5. The summed E-state index contributed by atoms with van der Waals surface area (Å²) < 4.78 is 10.5. The van der Waals surface area contributed by atoms with Gasteiger partial charge >= 0.3 is 0 Å². The zero-order valence-electron chi connectivity index (χ0n) is 11.2. The maximum atomic E-state index is 12.4. The molecule has 0 spiro atoms. The number of nitrogens with one attached hydrogen (secondary N) is 1. The van der Waals surface area contributed by atoms with Gasteiger partial charge < -0.3 is 19.4 Å². The summed E-state index contributed by atoms with van der Waals surface area (Å²) in [6.07, 6.45) is 3.45. The van der Waals surface area contributed by atoms with Gasteiger partial charge in [0.05, 0.1) is 0 Å². The van der Waals surface area contributed by atoms with E-state index in [2.05, 4.69) is 5.32 Å². The first-order valence-corrected chi connectivity index (χ1v) is 6.89. The molecule has 5 nitrogen and oxygen atoms in total. The monoisotopic (exact) mass is 264 g/mol. The third-order valence-electron chi connectivity index (χ3n) is 3.97. The highest BCUT2D eigenvalue weighted by Gasteiger charge is 2.32. The molecular weight excluding hydrogens is 244 g/mol. The van der Waals surface area contributed by atoms with Crippen LogP contribution in [-0.4, -0.2) is 43.1 Å². The fourth-order valence-corrected chi connectivity index (χ4v) is 3.00. The van der Waals surface area contributed by atoms with Crippen LogP contribution in [-0.2, 0) is 11.3 Å². The van der Waals surface area contributed by atoms with Gasteiger partial charge in [-0.05, 0) is 31.4 Å². The van der Waals surface area contributed by atoms with Crippen molar-refractivity contribution in [2.45, 2.75) is 38.0 Å². The van der Waals surface area contributed by atoms with Gasteiger partial charge in [-0.2, -0.15) is 0 Å². The Morgan fingerprint density at radius 3 is 3.11 bits per heavy atom. The molecule has 2 aliphatic heterocycles. The first-order valence-electron chi connectivity index (χ1n) is 6.89. The fraction of sp³-hybridized carbons (Fsp3) is 0.643. The Kier molecular flexibility index (Phi) is 3.57. The molecule has 3 rings (SSSR count). The Balaban J connectivity index is 1.68. The number of carbonyl (C=O) groups excluding carboxylic acids is 1. The van der Waals surface area contributed by atoms with E-state index in [1.807, 2.05) is 4.90 Å². The largest absolute Gasteiger partial charge is 0.453 e. The SMILES string of the molecule is COCc1ccc(C(=O)N2CCC3CCC(C2)N3)o1. The summed E-state index contributed by atoms with van der Waals surface area (Å²) in [4.78, 5) is 14.3. The van der Waals surface area contributed by atoms with Crippen LogP contribution in [0.4, 0.5) is 0 Å². The summed E-state index contributed by atoms with van der Waals surface area (Å²) in [6.45, 7) is 2.00. The third kappa shape index (κ3) is 2.67. The number of fused-ring (bicyclic) bond motifs is 2. The van der Waals surface area contributed by atoms with Crippen molar-refractivity contribution in [1.82, 2.24) is 10.2 Å². The second-order valence-electron chi connectivity index (χ2n) is 5.38. The summed E-state index contributed by atoms with van der Waals surface area (Å²) >= 11 is 0. The number of hydrogen-bond acceptors (Lipinski definition) is 4. The van der Waals surface area contributed by atoms with Crippen LogP contribution in [0.15, 0.2) is 16.5 Å². The minimum Gasteiger partial charge on any atom is -0.453 e. The van der Waals surface area contributed by atoms with Gasteiger partial charge in [0.25, 0.3) is 5.91 Å². The van der Waals surface area contributed by atoms with Crippen molar-refractivity contribution in [3.8, 4) is 0 Å². The minimum atomic E-state index is -0.00305. The number of rotatable bonds is 3. The van der Waals surface area contributed by atoms with Crippen LogP contribution >= 0.6 is 0 Å². The lowest BCUT2D eigenvalue weighted by Crippen LogP contribution is -2.38. The molecule has 2 aliphatic rings. The van der Waals surface area contributed by atoms with Gasteiger partial charge in [0.1, 0.15) is 12.4 Å². The maximum absolute atomic E-state index is 12.4. The van der Waals surface area contributed by atoms with Crippen LogP contribution in [0.1, 0.15) is 35.6 Å². The van der Waals surface area contributed by atoms with Crippen LogP contribution in [0, 0.1) is 0 Å². The number of amides is 1. The van der Waals surface area contributed by atoms with Gasteiger partial charge in [-0.15, -0.1) is 0 Å². The molecule has 0 aliphatic carbocycles. The molecule has 2 bridgehead atoms. The van der Waals surface area contributed by atoms with Crippen LogP contribution in [0.3, 0.4) is 0 Å². The molecule has 5 heteroatoms. The number of carbonyl (C=O) groups is 1. The molecule has 3 heterocycles. The third-order valence-corrected chi connectivity index (χ3v) is 3.97. The van der Waals surface area contributed by atoms with Crippen LogP contribution in [0.5, 0.6) is 0 Å². The topological polar surface area (TPSA) is 54.7 Å². The van der Waals surface area contributed by atoms with Gasteiger partial charge in [0.15, 0.2) is 5.76 Å². The molecule has 2 unspecified atom stereocenters. The number of methoxy groups -OCH3 is 1. The smallest absolute Gasteiger partial charge is 0.289 e. The molecule has 104 valence electrons. The quantitative estimate of drug-likeness (QED) is 0.896. The number of ether oxygens (including phenoxy) is 1. The summed E-state index contributed by atoms with van der Waals surface area (Å²) in [5.74, 6) is 1.11. The lowest BCUT2D eigenvalue weighted by molar-refractivity contribution is 0.0708. The molecule has 1 amide bonds. The lowest BCUT2D eigenvalue weighted by Gasteiger charge is -2.23. The second-order valence-corrected chi connectivity index (χ2v) is 5.38. The molecule has 2 atom stereocenters. The molecule has 2 fully saturated rings. The predicted octanol–water partition coefficient (Wildman–Crippen LogP) is 1.39. The van der Waals surface area contributed by atoms with E-state index in [1.54, 1.807) is 19.2 Å². The van der Waals surface area contributed by atoms with Gasteiger partial charge in [0, 0.05) is 32.3 Å². The van der Waals surface area contributed by atoms with E-state index >= 15 is 0 Å². The van der Waals surface area contributed by atoms with E-state index in [1.165, 1.54) is 12.8 Å². The van der Waals surface area contributed by atoms with Crippen LogP contribution in [0.25, 0.3) is 0 Å². The lowest BCUT2D eigenvalue weighted by atomic mass is 10.1. The molecule has 1 N–H and O–H groups in total. The molecule has 19 heavy (non-hydrogen) atoms. The average molecular weight is 264 g/mol. The number of furan rings is 1. The molecule has 0 radical (unpaired) electrons. The van der Waals surface area contributed by atoms with Crippen LogP contribution in [0.2, 0.25) is 0 Å². The van der Waals surface area contributed by atoms with Crippen molar-refractivity contribution in [3.05, 3.63) is 23.7 Å². The van der Waals surface area contributed by atoms with Crippen molar-refractivity contribution in [2.75, 3.05) is 20.2 Å². The number of hydrogen-bond donors (Lipinski definition) is 1. The van der Waals surface area contributed by atoms with E-state index in [-0.39, 0.29) is 5.91 Å². The molecule has 1 aromatic heterocycles. The van der Waals surface area contributed by atoms with Crippen molar-refractivity contribution in [2.24, 2.45) is 0 Å². The van der Waals surface area contributed by atoms with E-state index in [0.29, 0.717) is 30.2 Å². The minimum absolute atomic E-state index is 0.00305. The summed E-state index contributed by atoms with van der Waals surface area (Å²) in [5, 5.41) is 3.57. The zero-order chi connectivity index (χ0) is 13.2. The first-order chi connectivity index (χ1) is 9.26. The Hall–Kier alpha value is -1.33. The van der Waals surface area contributed by atoms with Crippen molar-refractivity contribution < 1.29 is 13.9 Å². The second kappa shape index (κ2) is 5.35. The van der Waals surface area contributed by atoms with Gasteiger partial charge in [0.2, 0.25) is 0 Å². The van der Waals surface area contributed by atoms with E-state index in [0.717, 1.165) is 19.5 Å². The summed E-state index contributed by atoms with van der Waals surface area (Å²) in [5.41, 5.74) is 0. The van der Waals surface area contributed by atoms with Crippen LogP contribution < -0.4 is 5.32 Å².